The van der Waals surface area contributed by atoms with Gasteiger partial charge in [-0.05, 0) is 29.2 Å². The molecule has 0 fully saturated rings. The maximum atomic E-state index is 12.0. The Labute approximate surface area is 148 Å². The van der Waals surface area contributed by atoms with E-state index in [1.807, 2.05) is 44.2 Å². The van der Waals surface area contributed by atoms with Crippen molar-refractivity contribution >= 4 is 12.1 Å². The van der Waals surface area contributed by atoms with Gasteiger partial charge in [0.05, 0.1) is 6.42 Å². The van der Waals surface area contributed by atoms with Crippen molar-refractivity contribution in [3.8, 4) is 5.75 Å². The molecule has 0 spiro atoms. The second kappa shape index (κ2) is 9.47. The van der Waals surface area contributed by atoms with E-state index in [9.17, 15) is 9.59 Å². The first-order valence-corrected chi connectivity index (χ1v) is 8.27. The highest BCUT2D eigenvalue weighted by Gasteiger charge is 2.09. The number of carbonyl (C=O) groups is 2. The minimum atomic E-state index is -0.502. The van der Waals surface area contributed by atoms with E-state index in [4.69, 9.17) is 9.47 Å². The summed E-state index contributed by atoms with van der Waals surface area (Å²) in [5.74, 6) is 0.415. The maximum Gasteiger partial charge on any atom is 0.412 e. The molecule has 0 saturated carbocycles. The fraction of sp³-hybridized carbons (Fsp3) is 0.300. The van der Waals surface area contributed by atoms with Crippen LogP contribution in [-0.2, 0) is 22.6 Å². The molecule has 2 aromatic carbocycles. The molecular formula is C20H23NO4. The van der Waals surface area contributed by atoms with Gasteiger partial charge < -0.3 is 14.8 Å². The first-order valence-electron chi connectivity index (χ1n) is 8.27. The lowest BCUT2D eigenvalue weighted by Gasteiger charge is -2.09. The van der Waals surface area contributed by atoms with Gasteiger partial charge in [-0.25, -0.2) is 4.79 Å². The highest BCUT2D eigenvalue weighted by Crippen LogP contribution is 2.15. The monoisotopic (exact) mass is 341 g/mol. The van der Waals surface area contributed by atoms with Gasteiger partial charge in [0, 0.05) is 6.54 Å². The van der Waals surface area contributed by atoms with E-state index in [1.165, 1.54) is 0 Å². The summed E-state index contributed by atoms with van der Waals surface area (Å²) < 4.78 is 10.5. The maximum absolute atomic E-state index is 12.0. The molecule has 0 atom stereocenters. The van der Waals surface area contributed by atoms with Crippen molar-refractivity contribution in [2.45, 2.75) is 26.9 Å². The minimum absolute atomic E-state index is 0.123. The number of hydrogen-bond donors (Lipinski definition) is 1. The van der Waals surface area contributed by atoms with Crippen molar-refractivity contribution in [2.24, 2.45) is 5.92 Å². The Morgan fingerprint density at radius 2 is 1.72 bits per heavy atom. The lowest BCUT2D eigenvalue weighted by molar-refractivity contribution is -0.144. The zero-order valence-corrected chi connectivity index (χ0v) is 14.5. The zero-order chi connectivity index (χ0) is 18.1. The Balaban J connectivity index is 1.83. The van der Waals surface area contributed by atoms with Crippen molar-refractivity contribution in [1.82, 2.24) is 5.32 Å². The smallest absolute Gasteiger partial charge is 0.412 e. The number of nitrogens with one attached hydrogen (secondary N) is 1. The molecular weight excluding hydrogens is 318 g/mol. The van der Waals surface area contributed by atoms with Crippen LogP contribution in [0.25, 0.3) is 0 Å². The van der Waals surface area contributed by atoms with E-state index in [1.54, 1.807) is 24.3 Å². The predicted molar refractivity (Wildman–Crippen MR) is 95.2 cm³/mol. The molecule has 2 rings (SSSR count). The molecule has 0 aliphatic carbocycles. The van der Waals surface area contributed by atoms with Crippen LogP contribution in [0.4, 0.5) is 4.79 Å². The second-order valence-corrected chi connectivity index (χ2v) is 6.13. The number of esters is 1. The van der Waals surface area contributed by atoms with Gasteiger partial charge in [-0.3, -0.25) is 4.79 Å². The van der Waals surface area contributed by atoms with Crippen LogP contribution in [0.3, 0.4) is 0 Å². The normalized spacial score (nSPS) is 10.4. The Bertz CT molecular complexity index is 698. The van der Waals surface area contributed by atoms with Crippen molar-refractivity contribution in [2.75, 3.05) is 6.54 Å². The average Bonchev–Trinajstić information content (AvgIpc) is 2.59. The van der Waals surface area contributed by atoms with Gasteiger partial charge in [-0.15, -0.1) is 0 Å². The Morgan fingerprint density at radius 3 is 2.44 bits per heavy atom. The van der Waals surface area contributed by atoms with Gasteiger partial charge in [0.15, 0.2) is 0 Å². The van der Waals surface area contributed by atoms with E-state index < -0.39 is 6.09 Å². The SMILES string of the molecule is CC(C)CNC(=O)Oc1cccc(CC(=O)OCc2ccccc2)c1. The third-order valence-corrected chi connectivity index (χ3v) is 3.35. The molecule has 5 nitrogen and oxygen atoms in total. The summed E-state index contributed by atoms with van der Waals surface area (Å²) in [6, 6.07) is 16.4. The number of hydrogen-bond acceptors (Lipinski definition) is 4. The standard InChI is InChI=1S/C20H23NO4/c1-15(2)13-21-20(23)25-18-10-6-9-17(11-18)12-19(22)24-14-16-7-4-3-5-8-16/h3-11,15H,12-14H2,1-2H3,(H,21,23). The molecule has 0 heterocycles. The van der Waals surface area contributed by atoms with Crippen LogP contribution in [-0.4, -0.2) is 18.6 Å². The van der Waals surface area contributed by atoms with Crippen molar-refractivity contribution in [3.63, 3.8) is 0 Å². The van der Waals surface area contributed by atoms with E-state index >= 15 is 0 Å². The molecule has 0 aliphatic heterocycles. The summed E-state index contributed by atoms with van der Waals surface area (Å²) in [6.45, 7) is 4.79. The Hall–Kier alpha value is -2.82. The van der Waals surface area contributed by atoms with Crippen LogP contribution in [0.2, 0.25) is 0 Å². The molecule has 0 unspecified atom stereocenters. The highest BCUT2D eigenvalue weighted by atomic mass is 16.6. The largest absolute Gasteiger partial charge is 0.461 e. The number of carbonyl (C=O) groups excluding carboxylic acids is 2. The average molecular weight is 341 g/mol. The molecule has 1 amide bonds. The summed E-state index contributed by atoms with van der Waals surface area (Å²) in [4.78, 5) is 23.6. The predicted octanol–water partition coefficient (Wildman–Crippen LogP) is 3.72. The van der Waals surface area contributed by atoms with E-state index in [2.05, 4.69) is 5.32 Å². The van der Waals surface area contributed by atoms with Crippen molar-refractivity contribution in [3.05, 3.63) is 65.7 Å². The van der Waals surface area contributed by atoms with Gasteiger partial charge in [-0.2, -0.15) is 0 Å². The lowest BCUT2D eigenvalue weighted by atomic mass is 10.1. The van der Waals surface area contributed by atoms with Crippen LogP contribution in [0.15, 0.2) is 54.6 Å². The summed E-state index contributed by atoms with van der Waals surface area (Å²) in [5, 5.41) is 2.68. The molecule has 0 saturated heterocycles. The van der Waals surface area contributed by atoms with Gasteiger partial charge in [0.1, 0.15) is 12.4 Å². The van der Waals surface area contributed by atoms with Gasteiger partial charge in [0.25, 0.3) is 0 Å². The topological polar surface area (TPSA) is 64.6 Å². The molecule has 132 valence electrons. The Kier molecular flexibility index (Phi) is 7.01. The minimum Gasteiger partial charge on any atom is -0.461 e. The summed E-state index contributed by atoms with van der Waals surface area (Å²) in [6.07, 6.45) is -0.380. The van der Waals surface area contributed by atoms with Crippen LogP contribution < -0.4 is 10.1 Å². The fourth-order valence-electron chi connectivity index (χ4n) is 2.11. The first kappa shape index (κ1) is 18.5. The fourth-order valence-corrected chi connectivity index (χ4v) is 2.11. The number of ether oxygens (including phenoxy) is 2. The summed E-state index contributed by atoms with van der Waals surface area (Å²) >= 11 is 0. The van der Waals surface area contributed by atoms with Gasteiger partial charge in [0.2, 0.25) is 0 Å². The number of amides is 1. The van der Waals surface area contributed by atoms with E-state index in [0.29, 0.717) is 18.2 Å². The third-order valence-electron chi connectivity index (χ3n) is 3.35. The van der Waals surface area contributed by atoms with Gasteiger partial charge in [-0.1, -0.05) is 56.3 Å². The van der Waals surface area contributed by atoms with Crippen LogP contribution >= 0.6 is 0 Å². The van der Waals surface area contributed by atoms with Crippen molar-refractivity contribution < 1.29 is 19.1 Å². The summed E-state index contributed by atoms with van der Waals surface area (Å²) in [5.41, 5.74) is 1.67. The second-order valence-electron chi connectivity index (χ2n) is 6.13. The molecule has 25 heavy (non-hydrogen) atoms. The number of benzene rings is 2. The molecule has 0 aromatic heterocycles. The lowest BCUT2D eigenvalue weighted by Crippen LogP contribution is -2.30. The van der Waals surface area contributed by atoms with Crippen LogP contribution in [0.1, 0.15) is 25.0 Å². The van der Waals surface area contributed by atoms with E-state index in [0.717, 1.165) is 11.1 Å². The first-order chi connectivity index (χ1) is 12.0. The molecule has 5 heteroatoms. The number of rotatable bonds is 7. The molecule has 0 bridgehead atoms. The zero-order valence-electron chi connectivity index (χ0n) is 14.5. The third kappa shape index (κ3) is 7.08. The van der Waals surface area contributed by atoms with Crippen LogP contribution in [0.5, 0.6) is 5.75 Å². The van der Waals surface area contributed by atoms with E-state index in [-0.39, 0.29) is 19.0 Å². The molecule has 2 aromatic rings. The van der Waals surface area contributed by atoms with Crippen LogP contribution in [0, 0.1) is 5.92 Å². The highest BCUT2D eigenvalue weighted by molar-refractivity contribution is 5.73. The molecule has 1 N–H and O–H groups in total. The molecule has 0 aliphatic rings. The molecule has 0 radical (unpaired) electrons. The summed E-state index contributed by atoms with van der Waals surface area (Å²) in [7, 11) is 0. The van der Waals surface area contributed by atoms with Gasteiger partial charge >= 0.3 is 12.1 Å². The quantitative estimate of drug-likeness (QED) is 0.780. The van der Waals surface area contributed by atoms with Crippen molar-refractivity contribution in [1.29, 1.82) is 0 Å². The Morgan fingerprint density at radius 1 is 1.00 bits per heavy atom.